The summed E-state index contributed by atoms with van der Waals surface area (Å²) < 4.78 is 30.3. The molecule has 2 heterocycles. The molecule has 3 atom stereocenters. The highest BCUT2D eigenvalue weighted by Crippen LogP contribution is 2.52. The van der Waals surface area contributed by atoms with Crippen LogP contribution in [0.2, 0.25) is 10.0 Å². The van der Waals surface area contributed by atoms with E-state index in [0.717, 1.165) is 16.0 Å². The molecule has 2 amide bonds. The van der Waals surface area contributed by atoms with E-state index < -0.39 is 60.6 Å². The number of likely N-dealkylation sites (tertiary alicyclic amines) is 1. The van der Waals surface area contributed by atoms with E-state index in [9.17, 15) is 19.5 Å². The Morgan fingerprint density at radius 3 is 2.46 bits per heavy atom. The molecule has 214 valence electrons. The Kier molecular flexibility index (Phi) is 7.57. The van der Waals surface area contributed by atoms with Crippen molar-refractivity contribution in [2.24, 2.45) is 5.92 Å². The summed E-state index contributed by atoms with van der Waals surface area (Å²) in [7, 11) is 1.56. The molecular formula is C30H27Cl2F2N3O4. The van der Waals surface area contributed by atoms with Gasteiger partial charge in [-0.15, -0.1) is 0 Å². The standard InChI is InChI=1S/C30H27Cl2F2N3O4/c1-17(27(40)36(2)21-10-6-9-19(11-21)18-7-4-3-5-8-18)24-14-29(33,34)16-37(24)30(15-25(38)39)22-12-20(31)13-23(32)26(22)35-28(30)41/h3-13,17,24H,14-16H2,1-2H3,(H,35,41)(H,38,39)/t17-,24-,30-/m1/s1. The highest BCUT2D eigenvalue weighted by molar-refractivity contribution is 6.38. The van der Waals surface area contributed by atoms with Gasteiger partial charge in [0.2, 0.25) is 11.8 Å². The highest BCUT2D eigenvalue weighted by Gasteiger charge is 2.62. The van der Waals surface area contributed by atoms with Crippen molar-refractivity contribution in [3.8, 4) is 11.1 Å². The Balaban J connectivity index is 1.53. The monoisotopic (exact) mass is 601 g/mol. The Hall–Kier alpha value is -3.53. The quantitative estimate of drug-likeness (QED) is 0.332. The highest BCUT2D eigenvalue weighted by atomic mass is 35.5. The van der Waals surface area contributed by atoms with Crippen LogP contribution < -0.4 is 10.2 Å². The van der Waals surface area contributed by atoms with Gasteiger partial charge in [-0.3, -0.25) is 19.3 Å². The van der Waals surface area contributed by atoms with Crippen molar-refractivity contribution < 1.29 is 28.3 Å². The zero-order valence-corrected chi connectivity index (χ0v) is 23.7. The minimum Gasteiger partial charge on any atom is -0.481 e. The summed E-state index contributed by atoms with van der Waals surface area (Å²) in [6, 6.07) is 18.4. The minimum absolute atomic E-state index is 0.0535. The Bertz CT molecular complexity index is 1540. The van der Waals surface area contributed by atoms with Gasteiger partial charge in [-0.05, 0) is 35.4 Å². The van der Waals surface area contributed by atoms with Crippen LogP contribution in [0.5, 0.6) is 0 Å². The summed E-state index contributed by atoms with van der Waals surface area (Å²) in [4.78, 5) is 42.0. The number of carbonyl (C=O) groups excluding carboxylic acids is 2. The third-order valence-corrected chi connectivity index (χ3v) is 8.48. The topological polar surface area (TPSA) is 90.0 Å². The second-order valence-electron chi connectivity index (χ2n) is 10.6. The van der Waals surface area contributed by atoms with Crippen molar-refractivity contribution in [3.63, 3.8) is 0 Å². The van der Waals surface area contributed by atoms with E-state index in [-0.39, 0.29) is 21.3 Å². The van der Waals surface area contributed by atoms with E-state index in [1.165, 1.54) is 24.0 Å². The summed E-state index contributed by atoms with van der Waals surface area (Å²) in [5, 5.41) is 12.6. The number of benzene rings is 3. The number of rotatable bonds is 7. The van der Waals surface area contributed by atoms with Crippen LogP contribution in [-0.4, -0.2) is 53.3 Å². The molecular weight excluding hydrogens is 575 g/mol. The van der Waals surface area contributed by atoms with E-state index in [2.05, 4.69) is 5.32 Å². The van der Waals surface area contributed by atoms with E-state index in [4.69, 9.17) is 23.2 Å². The molecule has 7 nitrogen and oxygen atoms in total. The Morgan fingerprint density at radius 2 is 1.78 bits per heavy atom. The van der Waals surface area contributed by atoms with E-state index in [1.807, 2.05) is 42.5 Å². The molecule has 0 spiro atoms. The molecule has 3 aromatic rings. The van der Waals surface area contributed by atoms with Crippen LogP contribution in [0.25, 0.3) is 11.1 Å². The predicted octanol–water partition coefficient (Wildman–Crippen LogP) is 6.29. The second kappa shape index (κ2) is 10.7. The first-order chi connectivity index (χ1) is 19.3. The molecule has 0 radical (unpaired) electrons. The van der Waals surface area contributed by atoms with Gasteiger partial charge in [-0.1, -0.05) is 72.6 Å². The number of carboxylic acids is 1. The molecule has 0 aromatic heterocycles. The molecule has 3 aromatic carbocycles. The first-order valence-electron chi connectivity index (χ1n) is 12.9. The van der Waals surface area contributed by atoms with Gasteiger partial charge in [0.25, 0.3) is 5.92 Å². The van der Waals surface area contributed by atoms with Gasteiger partial charge in [-0.2, -0.15) is 0 Å². The van der Waals surface area contributed by atoms with Crippen molar-refractivity contribution in [1.82, 2.24) is 4.90 Å². The first-order valence-corrected chi connectivity index (χ1v) is 13.7. The van der Waals surface area contributed by atoms with Crippen molar-refractivity contribution in [1.29, 1.82) is 0 Å². The molecule has 2 N–H and O–H groups in total. The number of hydrogen-bond donors (Lipinski definition) is 2. The zero-order valence-electron chi connectivity index (χ0n) is 22.2. The minimum atomic E-state index is -3.29. The maximum atomic E-state index is 15.2. The molecule has 0 unspecified atom stereocenters. The van der Waals surface area contributed by atoms with E-state index >= 15 is 8.78 Å². The fourth-order valence-electron chi connectivity index (χ4n) is 5.98. The average Bonchev–Trinajstić information content (AvgIpc) is 3.41. The zero-order chi connectivity index (χ0) is 29.7. The summed E-state index contributed by atoms with van der Waals surface area (Å²) in [6.45, 7) is 0.596. The maximum Gasteiger partial charge on any atom is 0.306 e. The van der Waals surface area contributed by atoms with E-state index in [0.29, 0.717) is 5.69 Å². The third-order valence-electron chi connectivity index (χ3n) is 7.96. The summed E-state index contributed by atoms with van der Waals surface area (Å²) in [5.41, 5.74) is 0.531. The molecule has 1 saturated heterocycles. The maximum absolute atomic E-state index is 15.2. The van der Waals surface area contributed by atoms with Gasteiger partial charge < -0.3 is 15.3 Å². The fourth-order valence-corrected chi connectivity index (χ4v) is 6.52. The number of carbonyl (C=O) groups is 3. The molecule has 0 saturated carbocycles. The molecule has 1 fully saturated rings. The normalized spacial score (nSPS) is 22.2. The second-order valence-corrected chi connectivity index (χ2v) is 11.4. The van der Waals surface area contributed by atoms with Crippen LogP contribution in [0.15, 0.2) is 66.7 Å². The Labute approximate surface area is 245 Å². The van der Waals surface area contributed by atoms with Crippen LogP contribution in [0.1, 0.15) is 25.3 Å². The largest absolute Gasteiger partial charge is 0.481 e. The Morgan fingerprint density at radius 1 is 1.10 bits per heavy atom. The van der Waals surface area contributed by atoms with Crippen LogP contribution in [-0.2, 0) is 19.9 Å². The molecule has 11 heteroatoms. The lowest BCUT2D eigenvalue weighted by atomic mass is 9.83. The van der Waals surface area contributed by atoms with E-state index in [1.54, 1.807) is 19.2 Å². The van der Waals surface area contributed by atoms with Crippen molar-refractivity contribution in [3.05, 3.63) is 82.3 Å². The van der Waals surface area contributed by atoms with Gasteiger partial charge in [0.1, 0.15) is 5.54 Å². The third kappa shape index (κ3) is 5.18. The summed E-state index contributed by atoms with van der Waals surface area (Å²) in [5.74, 6) is -6.98. The van der Waals surface area contributed by atoms with Gasteiger partial charge >= 0.3 is 5.97 Å². The van der Waals surface area contributed by atoms with Crippen molar-refractivity contribution in [2.45, 2.75) is 37.3 Å². The SMILES string of the molecule is C[C@@H](C(=O)N(C)c1cccc(-c2ccccc2)c1)[C@H]1CC(F)(F)CN1[C@@]1(CC(=O)O)C(=O)Nc2c(Cl)cc(Cl)cc21. The van der Waals surface area contributed by atoms with Crippen molar-refractivity contribution >= 4 is 52.4 Å². The fraction of sp³-hybridized carbons (Fsp3) is 0.300. The number of aliphatic carboxylic acids is 1. The van der Waals surface area contributed by atoms with Crippen LogP contribution >= 0.6 is 23.2 Å². The molecule has 0 bridgehead atoms. The van der Waals surface area contributed by atoms with Crippen LogP contribution in [0.3, 0.4) is 0 Å². The number of halogens is 4. The number of fused-ring (bicyclic) bond motifs is 1. The number of nitrogens with one attached hydrogen (secondary N) is 1. The number of amides is 2. The average molecular weight is 602 g/mol. The van der Waals surface area contributed by atoms with Gasteiger partial charge in [0.15, 0.2) is 0 Å². The van der Waals surface area contributed by atoms with Crippen molar-refractivity contribution in [2.75, 3.05) is 23.8 Å². The lowest BCUT2D eigenvalue weighted by Gasteiger charge is -2.41. The molecule has 5 rings (SSSR count). The lowest BCUT2D eigenvalue weighted by Crippen LogP contribution is -2.57. The number of carboxylic acid groups (broad SMARTS) is 1. The summed E-state index contributed by atoms with van der Waals surface area (Å²) in [6.07, 6.45) is -1.57. The number of alkyl halides is 2. The predicted molar refractivity (Wildman–Crippen MR) is 154 cm³/mol. The molecule has 41 heavy (non-hydrogen) atoms. The lowest BCUT2D eigenvalue weighted by molar-refractivity contribution is -0.147. The number of anilines is 2. The smallest absolute Gasteiger partial charge is 0.306 e. The van der Waals surface area contributed by atoms with Gasteiger partial charge in [0, 0.05) is 35.8 Å². The van der Waals surface area contributed by atoms with Gasteiger partial charge in [-0.25, -0.2) is 8.78 Å². The van der Waals surface area contributed by atoms with Crippen LogP contribution in [0, 0.1) is 5.92 Å². The number of hydrogen-bond acceptors (Lipinski definition) is 4. The van der Waals surface area contributed by atoms with Gasteiger partial charge in [0.05, 0.1) is 29.6 Å². The number of nitrogens with zero attached hydrogens (tertiary/aromatic N) is 2. The first kappa shape index (κ1) is 29.0. The molecule has 2 aliphatic rings. The summed E-state index contributed by atoms with van der Waals surface area (Å²) >= 11 is 12.5. The van der Waals surface area contributed by atoms with Crippen LogP contribution in [0.4, 0.5) is 20.2 Å². The molecule has 2 aliphatic heterocycles. The molecule has 0 aliphatic carbocycles.